The van der Waals surface area contributed by atoms with Gasteiger partial charge in [0.25, 0.3) is 0 Å². The number of thioether (sulfide) groups is 1. The van der Waals surface area contributed by atoms with Crippen molar-refractivity contribution in [2.75, 3.05) is 12.4 Å². The first-order valence-corrected chi connectivity index (χ1v) is 9.26. The first-order chi connectivity index (χ1) is 11.2. The molecule has 1 aromatic rings. The van der Waals surface area contributed by atoms with Crippen molar-refractivity contribution in [2.45, 2.75) is 49.1 Å². The van der Waals surface area contributed by atoms with Gasteiger partial charge in [-0.05, 0) is 30.9 Å². The van der Waals surface area contributed by atoms with Gasteiger partial charge in [-0.1, -0.05) is 25.0 Å². The average Bonchev–Trinajstić information content (AvgIpc) is 2.56. The molecule has 1 aliphatic carbocycles. The Balaban J connectivity index is 1.64. The van der Waals surface area contributed by atoms with Crippen molar-refractivity contribution in [1.82, 2.24) is 10.6 Å². The van der Waals surface area contributed by atoms with Gasteiger partial charge >= 0.3 is 6.03 Å². The lowest BCUT2D eigenvalue weighted by Crippen LogP contribution is -2.48. The molecule has 0 radical (unpaired) electrons. The number of hydrogen-bond donors (Lipinski definition) is 3. The second kappa shape index (κ2) is 7.53. The normalized spacial score (nSPS) is 27.1. The van der Waals surface area contributed by atoms with E-state index in [1.807, 2.05) is 6.07 Å². The van der Waals surface area contributed by atoms with Crippen LogP contribution in [0.15, 0.2) is 23.1 Å². The molecule has 3 atom stereocenters. The molecule has 0 aromatic heterocycles. The highest BCUT2D eigenvalue weighted by Crippen LogP contribution is 2.37. The van der Waals surface area contributed by atoms with Crippen LogP contribution in [-0.2, 0) is 0 Å². The number of urea groups is 1. The third kappa shape index (κ3) is 3.80. The zero-order chi connectivity index (χ0) is 16.2. The molecule has 3 unspecified atom stereocenters. The Kier molecular flexibility index (Phi) is 5.43. The molecule has 6 heteroatoms. The summed E-state index contributed by atoms with van der Waals surface area (Å²) < 4.78 is 13.9. The molecular weight excluding hydrogens is 315 g/mol. The molecular formula is C17H23FN2O2S. The SMILES string of the molecule is O=C(NC1CCSc2c(F)cccc21)NC1CCCCC1CO. The van der Waals surface area contributed by atoms with Crippen LogP contribution in [0.25, 0.3) is 0 Å². The van der Waals surface area contributed by atoms with Crippen LogP contribution in [0.3, 0.4) is 0 Å². The fourth-order valence-electron chi connectivity index (χ4n) is 3.52. The van der Waals surface area contributed by atoms with Gasteiger partial charge in [-0.25, -0.2) is 9.18 Å². The summed E-state index contributed by atoms with van der Waals surface area (Å²) in [4.78, 5) is 13.0. The Morgan fingerprint density at radius 1 is 1.26 bits per heavy atom. The van der Waals surface area contributed by atoms with Crippen molar-refractivity contribution in [3.05, 3.63) is 29.6 Å². The lowest BCUT2D eigenvalue weighted by Gasteiger charge is -2.32. The molecule has 4 nitrogen and oxygen atoms in total. The van der Waals surface area contributed by atoms with E-state index >= 15 is 0 Å². The number of hydrogen-bond acceptors (Lipinski definition) is 3. The van der Waals surface area contributed by atoms with Crippen molar-refractivity contribution in [3.63, 3.8) is 0 Å². The lowest BCUT2D eigenvalue weighted by atomic mass is 9.85. The summed E-state index contributed by atoms with van der Waals surface area (Å²) in [5, 5.41) is 15.4. The number of amides is 2. The van der Waals surface area contributed by atoms with Crippen LogP contribution >= 0.6 is 11.8 Å². The molecule has 1 heterocycles. The number of carbonyl (C=O) groups excluding carboxylic acids is 1. The van der Waals surface area contributed by atoms with E-state index in [2.05, 4.69) is 10.6 Å². The quantitative estimate of drug-likeness (QED) is 0.793. The van der Waals surface area contributed by atoms with E-state index in [9.17, 15) is 14.3 Å². The smallest absolute Gasteiger partial charge is 0.315 e. The van der Waals surface area contributed by atoms with E-state index in [0.29, 0.717) is 4.90 Å². The maximum Gasteiger partial charge on any atom is 0.315 e. The average molecular weight is 338 g/mol. The summed E-state index contributed by atoms with van der Waals surface area (Å²) in [6.45, 7) is 0.110. The number of aliphatic hydroxyl groups excluding tert-OH is 1. The molecule has 2 aliphatic rings. The molecule has 1 saturated carbocycles. The third-order valence-electron chi connectivity index (χ3n) is 4.79. The van der Waals surface area contributed by atoms with Gasteiger partial charge in [0.1, 0.15) is 5.82 Å². The molecule has 1 aromatic carbocycles. The monoisotopic (exact) mass is 338 g/mol. The van der Waals surface area contributed by atoms with Crippen molar-refractivity contribution < 1.29 is 14.3 Å². The minimum atomic E-state index is -0.220. The summed E-state index contributed by atoms with van der Waals surface area (Å²) in [5.41, 5.74) is 0.860. The van der Waals surface area contributed by atoms with Crippen LogP contribution in [-0.4, -0.2) is 29.5 Å². The minimum Gasteiger partial charge on any atom is -0.396 e. The van der Waals surface area contributed by atoms with Gasteiger partial charge in [0.2, 0.25) is 0 Å². The maximum atomic E-state index is 13.9. The van der Waals surface area contributed by atoms with E-state index in [0.717, 1.165) is 43.4 Å². The van der Waals surface area contributed by atoms with E-state index in [-0.39, 0.29) is 36.5 Å². The second-order valence-electron chi connectivity index (χ2n) is 6.30. The molecule has 2 amide bonds. The van der Waals surface area contributed by atoms with Crippen LogP contribution in [0.1, 0.15) is 43.7 Å². The first kappa shape index (κ1) is 16.6. The van der Waals surface area contributed by atoms with Crippen LogP contribution in [0.4, 0.5) is 9.18 Å². The maximum absolute atomic E-state index is 13.9. The lowest BCUT2D eigenvalue weighted by molar-refractivity contribution is 0.153. The number of aliphatic hydroxyl groups is 1. The highest BCUT2D eigenvalue weighted by molar-refractivity contribution is 7.99. The van der Waals surface area contributed by atoms with E-state index < -0.39 is 0 Å². The van der Waals surface area contributed by atoms with E-state index in [4.69, 9.17) is 0 Å². The Morgan fingerprint density at radius 2 is 2.09 bits per heavy atom. The molecule has 1 fully saturated rings. The zero-order valence-electron chi connectivity index (χ0n) is 13.1. The predicted octanol–water partition coefficient (Wildman–Crippen LogP) is 3.21. The first-order valence-electron chi connectivity index (χ1n) is 8.28. The van der Waals surface area contributed by atoms with Gasteiger partial charge in [-0.15, -0.1) is 11.8 Å². The van der Waals surface area contributed by atoms with Crippen LogP contribution in [0, 0.1) is 11.7 Å². The highest BCUT2D eigenvalue weighted by Gasteiger charge is 2.28. The van der Waals surface area contributed by atoms with Crippen LogP contribution in [0.2, 0.25) is 0 Å². The minimum absolute atomic E-state index is 0.0266. The Bertz CT molecular complexity index is 570. The van der Waals surface area contributed by atoms with Crippen LogP contribution in [0.5, 0.6) is 0 Å². The van der Waals surface area contributed by atoms with Gasteiger partial charge in [0, 0.05) is 29.2 Å². The number of fused-ring (bicyclic) bond motifs is 1. The molecule has 0 saturated heterocycles. The number of rotatable bonds is 3. The molecule has 126 valence electrons. The molecule has 3 rings (SSSR count). The number of benzene rings is 1. The number of carbonyl (C=O) groups is 1. The van der Waals surface area contributed by atoms with Gasteiger partial charge in [-0.2, -0.15) is 0 Å². The molecule has 23 heavy (non-hydrogen) atoms. The number of halogens is 1. The van der Waals surface area contributed by atoms with Gasteiger partial charge in [0.15, 0.2) is 0 Å². The second-order valence-corrected chi connectivity index (χ2v) is 7.40. The molecule has 1 aliphatic heterocycles. The fraction of sp³-hybridized carbons (Fsp3) is 0.588. The molecule has 3 N–H and O–H groups in total. The van der Waals surface area contributed by atoms with Crippen molar-refractivity contribution in [2.24, 2.45) is 5.92 Å². The van der Waals surface area contributed by atoms with E-state index in [1.54, 1.807) is 6.07 Å². The van der Waals surface area contributed by atoms with Crippen molar-refractivity contribution in [3.8, 4) is 0 Å². The van der Waals surface area contributed by atoms with Gasteiger partial charge < -0.3 is 15.7 Å². The Labute approximate surface area is 140 Å². The van der Waals surface area contributed by atoms with Gasteiger partial charge in [-0.3, -0.25) is 0 Å². The predicted molar refractivity (Wildman–Crippen MR) is 89.0 cm³/mol. The summed E-state index contributed by atoms with van der Waals surface area (Å²) in [7, 11) is 0. The topological polar surface area (TPSA) is 61.4 Å². The zero-order valence-corrected chi connectivity index (χ0v) is 13.9. The van der Waals surface area contributed by atoms with Gasteiger partial charge in [0.05, 0.1) is 6.04 Å². The third-order valence-corrected chi connectivity index (χ3v) is 5.95. The Hall–Kier alpha value is -1.27. The standard InChI is InChI=1S/C17H23FN2O2S/c18-13-6-3-5-12-15(8-9-23-16(12)13)20-17(22)19-14-7-2-1-4-11(14)10-21/h3,5-6,11,14-15,21H,1-2,4,7-10H2,(H2,19,20,22). The van der Waals surface area contributed by atoms with Crippen molar-refractivity contribution >= 4 is 17.8 Å². The summed E-state index contributed by atoms with van der Waals surface area (Å²) in [6, 6.07) is 4.68. The Morgan fingerprint density at radius 3 is 2.91 bits per heavy atom. The van der Waals surface area contributed by atoms with Crippen LogP contribution < -0.4 is 10.6 Å². The molecule has 0 spiro atoms. The number of nitrogens with one attached hydrogen (secondary N) is 2. The highest BCUT2D eigenvalue weighted by atomic mass is 32.2. The summed E-state index contributed by atoms with van der Waals surface area (Å²) >= 11 is 1.51. The summed E-state index contributed by atoms with van der Waals surface area (Å²) in [5.74, 6) is 0.717. The molecule has 0 bridgehead atoms. The van der Waals surface area contributed by atoms with Crippen molar-refractivity contribution in [1.29, 1.82) is 0 Å². The summed E-state index contributed by atoms with van der Waals surface area (Å²) in [6.07, 6.45) is 4.84. The van der Waals surface area contributed by atoms with E-state index in [1.165, 1.54) is 17.8 Å². The largest absolute Gasteiger partial charge is 0.396 e. The fourth-order valence-corrected chi connectivity index (χ4v) is 4.66.